The zero-order chi connectivity index (χ0) is 7.84. The van der Waals surface area contributed by atoms with E-state index >= 15 is 0 Å². The van der Waals surface area contributed by atoms with Gasteiger partial charge < -0.3 is 0 Å². The van der Waals surface area contributed by atoms with Crippen LogP contribution in [0.3, 0.4) is 0 Å². The number of nitrogens with zero attached hydrogens (tertiary/aromatic N) is 2. The zero-order valence-electron chi connectivity index (χ0n) is 6.08. The van der Waals surface area contributed by atoms with Crippen LogP contribution in [0.15, 0.2) is 24.4 Å². The number of hydrogen-bond donors (Lipinski definition) is 0. The Hall–Kier alpha value is -1.02. The van der Waals surface area contributed by atoms with Gasteiger partial charge in [-0.15, -0.1) is 0 Å². The molecule has 2 heterocycles. The van der Waals surface area contributed by atoms with Gasteiger partial charge in [0, 0.05) is 6.20 Å². The Morgan fingerprint density at radius 3 is 3.00 bits per heavy atom. The van der Waals surface area contributed by atoms with Crippen molar-refractivity contribution >= 4 is 17.2 Å². The second-order valence-electron chi connectivity index (χ2n) is 2.42. The van der Waals surface area contributed by atoms with E-state index < -0.39 is 0 Å². The van der Waals surface area contributed by atoms with Gasteiger partial charge in [0.05, 0.1) is 5.69 Å². The van der Waals surface area contributed by atoms with Crippen LogP contribution >= 0.6 is 11.6 Å². The summed E-state index contributed by atoms with van der Waals surface area (Å²) in [5, 5.41) is 0.695. The standard InChI is InChI=1S/C8H7ClN2/c1-6-8(9)11-5-3-2-4-7(11)10-6/h2-5H,1H3. The predicted octanol–water partition coefficient (Wildman–Crippen LogP) is 2.30. The molecule has 0 aromatic carbocycles. The third kappa shape index (κ3) is 0.906. The van der Waals surface area contributed by atoms with Gasteiger partial charge in [0.2, 0.25) is 0 Å². The number of rotatable bonds is 0. The summed E-state index contributed by atoms with van der Waals surface area (Å²) < 4.78 is 1.86. The number of pyridine rings is 1. The van der Waals surface area contributed by atoms with E-state index in [2.05, 4.69) is 4.98 Å². The lowest BCUT2D eigenvalue weighted by Crippen LogP contribution is -1.80. The van der Waals surface area contributed by atoms with Crippen molar-refractivity contribution in [1.29, 1.82) is 0 Å². The molecule has 0 aliphatic carbocycles. The van der Waals surface area contributed by atoms with Gasteiger partial charge in [0.25, 0.3) is 0 Å². The van der Waals surface area contributed by atoms with Crippen molar-refractivity contribution in [3.63, 3.8) is 0 Å². The van der Waals surface area contributed by atoms with E-state index in [-0.39, 0.29) is 0 Å². The molecule has 0 aliphatic rings. The summed E-state index contributed by atoms with van der Waals surface area (Å²) in [6.45, 7) is 1.90. The first kappa shape index (κ1) is 6.68. The molecule has 0 N–H and O–H groups in total. The lowest BCUT2D eigenvalue weighted by atomic mass is 10.5. The van der Waals surface area contributed by atoms with Gasteiger partial charge in [-0.1, -0.05) is 17.7 Å². The van der Waals surface area contributed by atoms with Gasteiger partial charge in [0.1, 0.15) is 10.8 Å². The monoisotopic (exact) mass is 166 g/mol. The Morgan fingerprint density at radius 2 is 2.27 bits per heavy atom. The van der Waals surface area contributed by atoms with E-state index in [9.17, 15) is 0 Å². The number of imidazole rings is 1. The molecule has 0 spiro atoms. The van der Waals surface area contributed by atoms with E-state index in [4.69, 9.17) is 11.6 Å². The first-order chi connectivity index (χ1) is 5.29. The number of hydrogen-bond acceptors (Lipinski definition) is 1. The molecule has 0 radical (unpaired) electrons. The zero-order valence-corrected chi connectivity index (χ0v) is 6.84. The van der Waals surface area contributed by atoms with Crippen molar-refractivity contribution in [3.05, 3.63) is 35.2 Å². The first-order valence-corrected chi connectivity index (χ1v) is 3.76. The smallest absolute Gasteiger partial charge is 0.138 e. The Labute approximate surface area is 69.4 Å². The van der Waals surface area contributed by atoms with E-state index in [1.54, 1.807) is 0 Å². The third-order valence-corrected chi connectivity index (χ3v) is 2.09. The van der Waals surface area contributed by atoms with Crippen LogP contribution in [-0.2, 0) is 0 Å². The van der Waals surface area contributed by atoms with Crippen molar-refractivity contribution in [2.75, 3.05) is 0 Å². The molecule has 2 aromatic rings. The number of halogens is 1. The average molecular weight is 167 g/mol. The molecule has 0 unspecified atom stereocenters. The van der Waals surface area contributed by atoms with Crippen LogP contribution in [0.5, 0.6) is 0 Å². The predicted molar refractivity (Wildman–Crippen MR) is 44.9 cm³/mol. The molecule has 3 heteroatoms. The van der Waals surface area contributed by atoms with Crippen LogP contribution in [0.2, 0.25) is 5.15 Å². The Bertz CT molecular complexity index is 392. The molecule has 0 atom stereocenters. The van der Waals surface area contributed by atoms with Gasteiger partial charge in [-0.25, -0.2) is 4.98 Å². The summed E-state index contributed by atoms with van der Waals surface area (Å²) >= 11 is 5.94. The highest BCUT2D eigenvalue weighted by atomic mass is 35.5. The van der Waals surface area contributed by atoms with Gasteiger partial charge in [0.15, 0.2) is 0 Å². The van der Waals surface area contributed by atoms with E-state index in [0.717, 1.165) is 11.3 Å². The van der Waals surface area contributed by atoms with Crippen molar-refractivity contribution in [2.45, 2.75) is 6.92 Å². The van der Waals surface area contributed by atoms with E-state index in [0.29, 0.717) is 5.15 Å². The minimum atomic E-state index is 0.695. The maximum absolute atomic E-state index is 5.94. The van der Waals surface area contributed by atoms with Crippen molar-refractivity contribution in [1.82, 2.24) is 9.38 Å². The second-order valence-corrected chi connectivity index (χ2v) is 2.77. The van der Waals surface area contributed by atoms with Crippen molar-refractivity contribution in [2.24, 2.45) is 0 Å². The Kier molecular flexibility index (Phi) is 1.36. The molecular weight excluding hydrogens is 160 g/mol. The average Bonchev–Trinajstić information content (AvgIpc) is 2.30. The van der Waals surface area contributed by atoms with Crippen LogP contribution in [-0.4, -0.2) is 9.38 Å². The minimum Gasteiger partial charge on any atom is -0.290 e. The maximum Gasteiger partial charge on any atom is 0.138 e. The molecule has 56 valence electrons. The molecule has 0 bridgehead atoms. The fourth-order valence-electron chi connectivity index (χ4n) is 1.08. The largest absolute Gasteiger partial charge is 0.290 e. The summed E-state index contributed by atoms with van der Waals surface area (Å²) in [6, 6.07) is 5.80. The molecule has 0 fully saturated rings. The van der Waals surface area contributed by atoms with E-state index in [1.165, 1.54) is 0 Å². The first-order valence-electron chi connectivity index (χ1n) is 3.38. The topological polar surface area (TPSA) is 17.3 Å². The molecule has 0 saturated carbocycles. The van der Waals surface area contributed by atoms with E-state index in [1.807, 2.05) is 35.7 Å². The highest BCUT2D eigenvalue weighted by Gasteiger charge is 2.02. The third-order valence-electron chi connectivity index (χ3n) is 1.63. The molecule has 2 rings (SSSR count). The summed E-state index contributed by atoms with van der Waals surface area (Å²) in [4.78, 5) is 4.24. The minimum absolute atomic E-state index is 0.695. The van der Waals surface area contributed by atoms with Crippen LogP contribution in [0.1, 0.15) is 5.69 Å². The SMILES string of the molecule is Cc1nc2ccccn2c1Cl. The molecule has 2 nitrogen and oxygen atoms in total. The lowest BCUT2D eigenvalue weighted by molar-refractivity contribution is 1.18. The van der Waals surface area contributed by atoms with Gasteiger partial charge in [-0.2, -0.15) is 0 Å². The molecule has 0 aliphatic heterocycles. The Morgan fingerprint density at radius 1 is 1.45 bits per heavy atom. The summed E-state index contributed by atoms with van der Waals surface area (Å²) in [7, 11) is 0. The van der Waals surface area contributed by atoms with Crippen molar-refractivity contribution in [3.8, 4) is 0 Å². The second kappa shape index (κ2) is 2.24. The molecule has 0 saturated heterocycles. The number of aryl methyl sites for hydroxylation is 1. The molecular formula is C8H7ClN2. The van der Waals surface area contributed by atoms with Crippen molar-refractivity contribution < 1.29 is 0 Å². The fourth-order valence-corrected chi connectivity index (χ4v) is 1.27. The fraction of sp³-hybridized carbons (Fsp3) is 0.125. The highest BCUT2D eigenvalue weighted by molar-refractivity contribution is 6.30. The molecule has 0 amide bonds. The summed E-state index contributed by atoms with van der Waals surface area (Å²) in [5.74, 6) is 0. The lowest BCUT2D eigenvalue weighted by Gasteiger charge is -1.90. The maximum atomic E-state index is 5.94. The number of aromatic nitrogens is 2. The quantitative estimate of drug-likeness (QED) is 0.587. The van der Waals surface area contributed by atoms with Crippen LogP contribution in [0.4, 0.5) is 0 Å². The van der Waals surface area contributed by atoms with Crippen LogP contribution in [0.25, 0.3) is 5.65 Å². The number of fused-ring (bicyclic) bond motifs is 1. The van der Waals surface area contributed by atoms with Gasteiger partial charge >= 0.3 is 0 Å². The molecule has 2 aromatic heterocycles. The highest BCUT2D eigenvalue weighted by Crippen LogP contribution is 2.15. The van der Waals surface area contributed by atoms with Gasteiger partial charge in [-0.05, 0) is 19.1 Å². The van der Waals surface area contributed by atoms with Crippen LogP contribution < -0.4 is 0 Å². The summed E-state index contributed by atoms with van der Waals surface area (Å²) in [5.41, 5.74) is 1.77. The normalized spacial score (nSPS) is 10.7. The Balaban J connectivity index is 2.92. The van der Waals surface area contributed by atoms with Crippen LogP contribution in [0, 0.1) is 6.92 Å². The molecule has 11 heavy (non-hydrogen) atoms. The summed E-state index contributed by atoms with van der Waals surface area (Å²) in [6.07, 6.45) is 1.90. The van der Waals surface area contributed by atoms with Gasteiger partial charge in [-0.3, -0.25) is 4.40 Å².